The molecule has 1 unspecified atom stereocenters. The van der Waals surface area contributed by atoms with E-state index in [9.17, 15) is 0 Å². The maximum absolute atomic E-state index is 5.95. The van der Waals surface area contributed by atoms with E-state index in [1.54, 1.807) is 0 Å². The molecule has 0 spiro atoms. The molecule has 0 saturated carbocycles. The molecular weight excluding hydrogens is 244 g/mol. The van der Waals surface area contributed by atoms with E-state index in [2.05, 4.69) is 54.3 Å². The zero-order chi connectivity index (χ0) is 13.9. The molecule has 0 aromatic heterocycles. The first-order valence-electron chi connectivity index (χ1n) is 7.43. The normalized spacial score (nSPS) is 19.1. The van der Waals surface area contributed by atoms with E-state index >= 15 is 0 Å². The van der Waals surface area contributed by atoms with E-state index in [4.69, 9.17) is 5.73 Å². The van der Waals surface area contributed by atoms with Gasteiger partial charge in [0.25, 0.3) is 0 Å². The van der Waals surface area contributed by atoms with Gasteiger partial charge in [0.15, 0.2) is 0 Å². The second-order valence-electron chi connectivity index (χ2n) is 5.71. The maximum atomic E-state index is 5.95. The van der Waals surface area contributed by atoms with Gasteiger partial charge in [-0.1, -0.05) is 24.3 Å². The van der Waals surface area contributed by atoms with Crippen LogP contribution in [0.25, 0.3) is 0 Å². The molecule has 0 radical (unpaired) electrons. The third-order valence-electron chi connectivity index (χ3n) is 4.13. The minimum atomic E-state index is 0.453. The summed E-state index contributed by atoms with van der Waals surface area (Å²) in [5.41, 5.74) is 10.8. The number of nitrogen functional groups attached to an aromatic ring is 1. The fourth-order valence-corrected chi connectivity index (χ4v) is 3.16. The molecule has 1 aliphatic heterocycles. The number of hydrogen-bond donors (Lipinski definition) is 1. The molecule has 1 heterocycles. The Hall–Kier alpha value is -1.96. The highest BCUT2D eigenvalue weighted by Gasteiger charge is 2.24. The van der Waals surface area contributed by atoms with E-state index in [1.807, 2.05) is 6.07 Å². The monoisotopic (exact) mass is 266 g/mol. The molecule has 2 nitrogen and oxygen atoms in total. The average Bonchev–Trinajstić information content (AvgIpc) is 2.47. The van der Waals surface area contributed by atoms with Crippen LogP contribution in [0.1, 0.15) is 36.4 Å². The number of nitrogens with two attached hydrogens (primary N) is 1. The van der Waals surface area contributed by atoms with Crippen molar-refractivity contribution in [3.05, 3.63) is 59.7 Å². The molecule has 2 N–H and O–H groups in total. The second-order valence-corrected chi connectivity index (χ2v) is 5.71. The number of rotatable bonds is 2. The van der Waals surface area contributed by atoms with Gasteiger partial charge in [-0.3, -0.25) is 0 Å². The highest BCUT2D eigenvalue weighted by Crippen LogP contribution is 2.35. The van der Waals surface area contributed by atoms with Gasteiger partial charge in [-0.2, -0.15) is 0 Å². The van der Waals surface area contributed by atoms with Crippen molar-refractivity contribution in [1.29, 1.82) is 0 Å². The maximum Gasteiger partial charge on any atom is 0.0543 e. The Labute approximate surface area is 121 Å². The predicted molar refractivity (Wildman–Crippen MR) is 86.0 cm³/mol. The van der Waals surface area contributed by atoms with Crippen LogP contribution in [0.3, 0.4) is 0 Å². The number of benzene rings is 2. The average molecular weight is 266 g/mol. The van der Waals surface area contributed by atoms with Crippen LogP contribution in [0.5, 0.6) is 0 Å². The summed E-state index contributed by atoms with van der Waals surface area (Å²) in [7, 11) is 0. The van der Waals surface area contributed by atoms with E-state index in [1.165, 1.54) is 36.1 Å². The molecule has 1 fully saturated rings. The largest absolute Gasteiger partial charge is 0.399 e. The molecular formula is C18H22N2. The first-order chi connectivity index (χ1) is 9.74. The first kappa shape index (κ1) is 13.0. The molecule has 2 aromatic carbocycles. The molecule has 104 valence electrons. The van der Waals surface area contributed by atoms with Crippen molar-refractivity contribution in [1.82, 2.24) is 0 Å². The molecule has 0 aliphatic carbocycles. The van der Waals surface area contributed by atoms with Gasteiger partial charge in [-0.15, -0.1) is 0 Å². The van der Waals surface area contributed by atoms with E-state index < -0.39 is 0 Å². The molecule has 20 heavy (non-hydrogen) atoms. The van der Waals surface area contributed by atoms with Gasteiger partial charge in [0.1, 0.15) is 0 Å². The lowest BCUT2D eigenvalue weighted by atomic mass is 9.94. The lowest BCUT2D eigenvalue weighted by Gasteiger charge is -2.38. The smallest absolute Gasteiger partial charge is 0.0543 e. The van der Waals surface area contributed by atoms with Crippen LogP contribution in [-0.4, -0.2) is 6.54 Å². The summed E-state index contributed by atoms with van der Waals surface area (Å²) in [6, 6.07) is 17.6. The number of anilines is 2. The molecule has 3 rings (SSSR count). The van der Waals surface area contributed by atoms with E-state index in [0.29, 0.717) is 6.04 Å². The lowest BCUT2D eigenvalue weighted by molar-refractivity contribution is 0.473. The van der Waals surface area contributed by atoms with Crippen molar-refractivity contribution in [3.8, 4) is 0 Å². The Kier molecular flexibility index (Phi) is 3.64. The third-order valence-corrected chi connectivity index (χ3v) is 4.13. The minimum absolute atomic E-state index is 0.453. The fourth-order valence-electron chi connectivity index (χ4n) is 3.16. The van der Waals surface area contributed by atoms with Crippen molar-refractivity contribution in [2.45, 2.75) is 32.2 Å². The lowest BCUT2D eigenvalue weighted by Crippen LogP contribution is -2.33. The molecule has 2 heteroatoms. The molecule has 0 amide bonds. The summed E-state index contributed by atoms with van der Waals surface area (Å²) in [5, 5.41) is 0. The van der Waals surface area contributed by atoms with Crippen molar-refractivity contribution in [2.75, 3.05) is 17.2 Å². The SMILES string of the molecule is Cc1cccc(N2CCCCC2c2cccc(N)c2)c1. The van der Waals surface area contributed by atoms with Crippen molar-refractivity contribution >= 4 is 11.4 Å². The molecule has 1 aliphatic rings. The molecule has 1 saturated heterocycles. The summed E-state index contributed by atoms with van der Waals surface area (Å²) < 4.78 is 0. The number of hydrogen-bond acceptors (Lipinski definition) is 2. The minimum Gasteiger partial charge on any atom is -0.399 e. The highest BCUT2D eigenvalue weighted by molar-refractivity contribution is 5.52. The quantitative estimate of drug-likeness (QED) is 0.821. The van der Waals surface area contributed by atoms with Gasteiger partial charge in [-0.25, -0.2) is 0 Å². The topological polar surface area (TPSA) is 29.3 Å². The highest BCUT2D eigenvalue weighted by atomic mass is 15.2. The van der Waals surface area contributed by atoms with Crippen LogP contribution in [-0.2, 0) is 0 Å². The molecule has 2 aromatic rings. The van der Waals surface area contributed by atoms with Crippen LogP contribution in [0.15, 0.2) is 48.5 Å². The summed E-state index contributed by atoms with van der Waals surface area (Å²) in [4.78, 5) is 2.53. The van der Waals surface area contributed by atoms with Crippen LogP contribution in [0.2, 0.25) is 0 Å². The van der Waals surface area contributed by atoms with E-state index in [0.717, 1.165) is 12.2 Å². The van der Waals surface area contributed by atoms with Gasteiger partial charge in [-0.05, 0) is 61.6 Å². The Morgan fingerprint density at radius 2 is 1.90 bits per heavy atom. The summed E-state index contributed by atoms with van der Waals surface area (Å²) >= 11 is 0. The van der Waals surface area contributed by atoms with Crippen molar-refractivity contribution in [2.24, 2.45) is 0 Å². The first-order valence-corrected chi connectivity index (χ1v) is 7.43. The molecule has 1 atom stereocenters. The van der Waals surface area contributed by atoms with Crippen LogP contribution >= 0.6 is 0 Å². The van der Waals surface area contributed by atoms with Gasteiger partial charge in [0.2, 0.25) is 0 Å². The van der Waals surface area contributed by atoms with Crippen molar-refractivity contribution in [3.63, 3.8) is 0 Å². The Bertz CT molecular complexity index is 538. The second kappa shape index (κ2) is 5.58. The zero-order valence-electron chi connectivity index (χ0n) is 12.0. The number of piperidine rings is 1. The van der Waals surface area contributed by atoms with Crippen LogP contribution in [0.4, 0.5) is 11.4 Å². The number of aryl methyl sites for hydroxylation is 1. The summed E-state index contributed by atoms with van der Waals surface area (Å²) in [6.07, 6.45) is 3.77. The van der Waals surface area contributed by atoms with E-state index in [-0.39, 0.29) is 0 Å². The van der Waals surface area contributed by atoms with Crippen LogP contribution < -0.4 is 10.6 Å². The Morgan fingerprint density at radius 3 is 2.70 bits per heavy atom. The van der Waals surface area contributed by atoms with Gasteiger partial charge >= 0.3 is 0 Å². The van der Waals surface area contributed by atoms with Gasteiger partial charge in [0, 0.05) is 17.9 Å². The Morgan fingerprint density at radius 1 is 1.05 bits per heavy atom. The molecule has 0 bridgehead atoms. The van der Waals surface area contributed by atoms with Gasteiger partial charge < -0.3 is 10.6 Å². The predicted octanol–water partition coefficient (Wildman–Crippen LogP) is 4.31. The fraction of sp³-hybridized carbons (Fsp3) is 0.333. The van der Waals surface area contributed by atoms with Crippen molar-refractivity contribution < 1.29 is 0 Å². The van der Waals surface area contributed by atoms with Crippen LogP contribution in [0, 0.1) is 6.92 Å². The standard InChI is InChI=1S/C18H22N2/c1-14-6-4-9-17(12-14)20-11-3-2-10-18(20)15-7-5-8-16(19)13-15/h4-9,12-13,18H,2-3,10-11,19H2,1H3. The summed E-state index contributed by atoms with van der Waals surface area (Å²) in [5.74, 6) is 0. The number of nitrogens with zero attached hydrogens (tertiary/aromatic N) is 1. The third kappa shape index (κ3) is 2.64. The zero-order valence-corrected chi connectivity index (χ0v) is 12.0. The van der Waals surface area contributed by atoms with Gasteiger partial charge in [0.05, 0.1) is 6.04 Å². The summed E-state index contributed by atoms with van der Waals surface area (Å²) in [6.45, 7) is 3.28. The Balaban J connectivity index is 1.95.